The summed E-state index contributed by atoms with van der Waals surface area (Å²) >= 11 is 0. The molecule has 22 heavy (non-hydrogen) atoms. The Hall–Kier alpha value is -2.22. The number of ketones is 1. The number of carbonyl (C=O) groups is 3. The molecule has 2 amide bonds. The molecule has 0 spiro atoms. The summed E-state index contributed by atoms with van der Waals surface area (Å²) in [5, 5.41) is 14.6. The number of aryl methyl sites for hydroxylation is 1. The number of nitrogens with two attached hydrogens (primary N) is 2. The van der Waals surface area contributed by atoms with Crippen molar-refractivity contribution < 1.29 is 19.5 Å². The number of aromatic nitrogens is 2. The smallest absolute Gasteiger partial charge is 0.228 e. The molecule has 0 unspecified atom stereocenters. The highest BCUT2D eigenvalue weighted by atomic mass is 16.3. The minimum atomic E-state index is -1.63. The first-order valence-corrected chi connectivity index (χ1v) is 7.05. The number of rotatable bonds is 4. The van der Waals surface area contributed by atoms with Crippen LogP contribution in [0.4, 0.5) is 0 Å². The average Bonchev–Trinajstić information content (AvgIpc) is 2.83. The zero-order chi connectivity index (χ0) is 16.7. The highest BCUT2D eigenvalue weighted by Crippen LogP contribution is 2.45. The highest BCUT2D eigenvalue weighted by molar-refractivity contribution is 6.04. The van der Waals surface area contributed by atoms with Crippen LogP contribution >= 0.6 is 0 Å². The molecular formula is C14H20N4O4. The Morgan fingerprint density at radius 1 is 1.45 bits per heavy atom. The maximum atomic E-state index is 12.2. The quantitative estimate of drug-likeness (QED) is 0.606. The molecule has 8 nitrogen and oxygen atoms in total. The molecule has 5 N–H and O–H groups in total. The molecule has 0 radical (unpaired) electrons. The zero-order valence-electron chi connectivity index (χ0n) is 12.5. The Kier molecular flexibility index (Phi) is 4.06. The predicted molar refractivity (Wildman–Crippen MR) is 76.3 cm³/mol. The second-order valence-electron chi connectivity index (χ2n) is 5.92. The molecule has 1 aliphatic rings. The van der Waals surface area contributed by atoms with Crippen LogP contribution in [-0.2, 0) is 20.9 Å². The molecule has 8 heteroatoms. The first-order valence-electron chi connectivity index (χ1n) is 7.05. The van der Waals surface area contributed by atoms with Gasteiger partial charge in [0.05, 0.1) is 17.7 Å². The summed E-state index contributed by atoms with van der Waals surface area (Å²) in [4.78, 5) is 35.9. The highest BCUT2D eigenvalue weighted by Gasteiger charge is 2.55. The largest absolute Gasteiger partial charge is 0.389 e. The standard InChI is InChI=1S/C14H20N4O4/c1-3-18-6-7(5-17-18)9-10(12(15)20)8(19)4-14(2,22)11(9)13(16)21/h5-6,9-11,22H,3-4H2,1-2H3,(H2,15,20)(H2,16,21)/t9-,10-,11+,14+/m1/s1. The van der Waals surface area contributed by atoms with Crippen molar-refractivity contribution in [3.8, 4) is 0 Å². The van der Waals surface area contributed by atoms with Crippen molar-refractivity contribution in [3.63, 3.8) is 0 Å². The third-order valence-corrected chi connectivity index (χ3v) is 4.24. The van der Waals surface area contributed by atoms with Gasteiger partial charge in [-0.3, -0.25) is 19.1 Å². The van der Waals surface area contributed by atoms with Gasteiger partial charge < -0.3 is 16.6 Å². The average molecular weight is 308 g/mol. The van der Waals surface area contributed by atoms with E-state index in [-0.39, 0.29) is 6.42 Å². The summed E-state index contributed by atoms with van der Waals surface area (Å²) in [6, 6.07) is 0. The van der Waals surface area contributed by atoms with E-state index in [0.29, 0.717) is 12.1 Å². The Morgan fingerprint density at radius 2 is 2.09 bits per heavy atom. The number of amides is 2. The minimum Gasteiger partial charge on any atom is -0.389 e. The van der Waals surface area contributed by atoms with Gasteiger partial charge in [0.1, 0.15) is 11.7 Å². The Bertz CT molecular complexity index is 622. The zero-order valence-corrected chi connectivity index (χ0v) is 12.5. The SMILES string of the molecule is CCn1cc([C@@H]2[C@H](C(N)=O)C(=O)C[C@](C)(O)[C@@H]2C(N)=O)cn1. The van der Waals surface area contributed by atoms with Crippen LogP contribution in [0.15, 0.2) is 12.4 Å². The molecule has 2 rings (SSSR count). The van der Waals surface area contributed by atoms with E-state index in [4.69, 9.17) is 11.5 Å². The third-order valence-electron chi connectivity index (χ3n) is 4.24. The van der Waals surface area contributed by atoms with Crippen molar-refractivity contribution in [2.45, 2.75) is 38.3 Å². The van der Waals surface area contributed by atoms with Gasteiger partial charge >= 0.3 is 0 Å². The van der Waals surface area contributed by atoms with Crippen molar-refractivity contribution in [2.75, 3.05) is 0 Å². The van der Waals surface area contributed by atoms with E-state index in [2.05, 4.69) is 5.10 Å². The van der Waals surface area contributed by atoms with Gasteiger partial charge in [0.15, 0.2) is 0 Å². The van der Waals surface area contributed by atoms with E-state index < -0.39 is 41.0 Å². The van der Waals surface area contributed by atoms with Crippen molar-refractivity contribution in [1.82, 2.24) is 9.78 Å². The molecule has 4 atom stereocenters. The lowest BCUT2D eigenvalue weighted by Crippen LogP contribution is -2.57. The molecule has 0 saturated heterocycles. The number of nitrogens with zero attached hydrogens (tertiary/aromatic N) is 2. The molecule has 1 aromatic rings. The molecule has 0 aromatic carbocycles. The van der Waals surface area contributed by atoms with Crippen LogP contribution in [-0.4, -0.2) is 38.1 Å². The van der Waals surface area contributed by atoms with Gasteiger partial charge in [0.2, 0.25) is 11.8 Å². The number of hydrogen-bond acceptors (Lipinski definition) is 5. The number of aliphatic hydroxyl groups is 1. The lowest BCUT2D eigenvalue weighted by atomic mass is 9.62. The Labute approximate surface area is 127 Å². The Balaban J connectivity index is 2.58. The van der Waals surface area contributed by atoms with Crippen molar-refractivity contribution in [3.05, 3.63) is 18.0 Å². The summed E-state index contributed by atoms with van der Waals surface area (Å²) in [5.74, 6) is -5.32. The predicted octanol–water partition coefficient (Wildman–Crippen LogP) is -1.09. The summed E-state index contributed by atoms with van der Waals surface area (Å²) in [7, 11) is 0. The first-order chi connectivity index (χ1) is 10.2. The van der Waals surface area contributed by atoms with E-state index in [9.17, 15) is 19.5 Å². The first kappa shape index (κ1) is 16.2. The van der Waals surface area contributed by atoms with Gasteiger partial charge in [0, 0.05) is 25.1 Å². The van der Waals surface area contributed by atoms with Crippen LogP contribution in [0.25, 0.3) is 0 Å². The van der Waals surface area contributed by atoms with Crippen LogP contribution < -0.4 is 11.5 Å². The molecule has 1 saturated carbocycles. The molecule has 0 aliphatic heterocycles. The fourth-order valence-corrected chi connectivity index (χ4v) is 3.28. The lowest BCUT2D eigenvalue weighted by molar-refractivity contribution is -0.152. The van der Waals surface area contributed by atoms with E-state index in [0.717, 1.165) is 0 Å². The number of hydrogen-bond donors (Lipinski definition) is 3. The number of primary amides is 2. The van der Waals surface area contributed by atoms with E-state index in [1.807, 2.05) is 6.92 Å². The van der Waals surface area contributed by atoms with E-state index in [1.165, 1.54) is 13.1 Å². The second kappa shape index (κ2) is 5.53. The van der Waals surface area contributed by atoms with Crippen LogP contribution in [0.3, 0.4) is 0 Å². The molecule has 0 bridgehead atoms. The van der Waals surface area contributed by atoms with Crippen molar-refractivity contribution in [1.29, 1.82) is 0 Å². The van der Waals surface area contributed by atoms with E-state index >= 15 is 0 Å². The molecule has 1 aliphatic carbocycles. The fraction of sp³-hybridized carbons (Fsp3) is 0.571. The second-order valence-corrected chi connectivity index (χ2v) is 5.92. The molecule has 1 aromatic heterocycles. The third kappa shape index (κ3) is 2.61. The van der Waals surface area contributed by atoms with Gasteiger partial charge in [-0.2, -0.15) is 5.10 Å². The van der Waals surface area contributed by atoms with Gasteiger partial charge in [-0.1, -0.05) is 0 Å². The van der Waals surface area contributed by atoms with Gasteiger partial charge in [-0.05, 0) is 19.4 Å². The molecule has 120 valence electrons. The molecule has 1 heterocycles. The van der Waals surface area contributed by atoms with Gasteiger partial charge in [-0.25, -0.2) is 0 Å². The number of Topliss-reactive ketones (excluding diaryl/α,β-unsaturated/α-hetero) is 1. The van der Waals surface area contributed by atoms with Crippen molar-refractivity contribution >= 4 is 17.6 Å². The lowest BCUT2D eigenvalue weighted by Gasteiger charge is -2.42. The van der Waals surface area contributed by atoms with E-state index in [1.54, 1.807) is 10.9 Å². The molecule has 1 fully saturated rings. The summed E-state index contributed by atoms with van der Waals surface area (Å²) < 4.78 is 1.60. The summed E-state index contributed by atoms with van der Waals surface area (Å²) in [5.41, 5.74) is 9.64. The number of carbonyl (C=O) groups excluding carboxylic acids is 3. The topological polar surface area (TPSA) is 141 Å². The monoisotopic (exact) mass is 308 g/mol. The van der Waals surface area contributed by atoms with Crippen LogP contribution in [0.1, 0.15) is 31.7 Å². The maximum absolute atomic E-state index is 12.2. The van der Waals surface area contributed by atoms with Crippen LogP contribution in [0, 0.1) is 11.8 Å². The molecular weight excluding hydrogens is 288 g/mol. The van der Waals surface area contributed by atoms with Crippen molar-refractivity contribution in [2.24, 2.45) is 23.3 Å². The van der Waals surface area contributed by atoms with Crippen LogP contribution in [0.2, 0.25) is 0 Å². The fourth-order valence-electron chi connectivity index (χ4n) is 3.28. The van der Waals surface area contributed by atoms with Gasteiger partial charge in [0.25, 0.3) is 0 Å². The van der Waals surface area contributed by atoms with Gasteiger partial charge in [-0.15, -0.1) is 0 Å². The normalized spacial score (nSPS) is 32.0. The summed E-state index contributed by atoms with van der Waals surface area (Å²) in [6.45, 7) is 3.82. The Morgan fingerprint density at radius 3 is 2.55 bits per heavy atom. The van der Waals surface area contributed by atoms with Crippen LogP contribution in [0.5, 0.6) is 0 Å². The maximum Gasteiger partial charge on any atom is 0.228 e. The minimum absolute atomic E-state index is 0.341. The summed E-state index contributed by atoms with van der Waals surface area (Å²) in [6.07, 6.45) is 2.76.